The summed E-state index contributed by atoms with van der Waals surface area (Å²) in [5.74, 6) is 0.998. The van der Waals surface area contributed by atoms with Gasteiger partial charge in [0.25, 0.3) is 5.91 Å². The van der Waals surface area contributed by atoms with Crippen molar-refractivity contribution >= 4 is 23.3 Å². The van der Waals surface area contributed by atoms with E-state index in [2.05, 4.69) is 10.1 Å². The predicted octanol–water partition coefficient (Wildman–Crippen LogP) is 3.38. The number of aromatic nitrogens is 4. The van der Waals surface area contributed by atoms with Gasteiger partial charge in [-0.25, -0.2) is 4.98 Å². The van der Waals surface area contributed by atoms with Crippen molar-refractivity contribution in [3.63, 3.8) is 0 Å². The van der Waals surface area contributed by atoms with E-state index in [-0.39, 0.29) is 24.4 Å². The molecule has 1 unspecified atom stereocenters. The summed E-state index contributed by atoms with van der Waals surface area (Å²) < 4.78 is 3.45. The van der Waals surface area contributed by atoms with Crippen LogP contribution in [0.2, 0.25) is 0 Å². The molecule has 1 saturated carbocycles. The quantitative estimate of drug-likeness (QED) is 0.619. The van der Waals surface area contributed by atoms with Gasteiger partial charge in [0.1, 0.15) is 18.4 Å². The van der Waals surface area contributed by atoms with Crippen LogP contribution in [0.1, 0.15) is 49.5 Å². The Morgan fingerprint density at radius 3 is 2.59 bits per heavy atom. The minimum Gasteiger partial charge on any atom is -0.326 e. The van der Waals surface area contributed by atoms with E-state index in [0.717, 1.165) is 42.8 Å². The lowest BCUT2D eigenvalue weighted by atomic mass is 9.94. The molecular formula is C24H28N6O2. The fraction of sp³-hybridized carbons (Fsp3) is 0.417. The van der Waals surface area contributed by atoms with E-state index in [9.17, 15) is 9.59 Å². The van der Waals surface area contributed by atoms with Crippen LogP contribution in [-0.2, 0) is 23.2 Å². The predicted molar refractivity (Wildman–Crippen MR) is 121 cm³/mol. The van der Waals surface area contributed by atoms with Gasteiger partial charge in [0.15, 0.2) is 5.82 Å². The molecule has 2 amide bonds. The van der Waals surface area contributed by atoms with Gasteiger partial charge in [-0.3, -0.25) is 19.2 Å². The third kappa shape index (κ3) is 3.49. The number of carbonyl (C=O) groups excluding carboxylic acids is 2. The molecule has 166 valence electrons. The lowest BCUT2D eigenvalue weighted by molar-refractivity contribution is -0.125. The van der Waals surface area contributed by atoms with Crippen molar-refractivity contribution in [1.82, 2.24) is 19.3 Å². The zero-order valence-corrected chi connectivity index (χ0v) is 18.5. The Kier molecular flexibility index (Phi) is 5.28. The zero-order chi connectivity index (χ0) is 22.2. The van der Waals surface area contributed by atoms with Gasteiger partial charge in [-0.15, -0.1) is 0 Å². The van der Waals surface area contributed by atoms with Crippen molar-refractivity contribution in [2.24, 2.45) is 7.05 Å². The van der Waals surface area contributed by atoms with Gasteiger partial charge in [-0.2, -0.15) is 5.10 Å². The zero-order valence-electron chi connectivity index (χ0n) is 18.5. The number of hydrogen-bond acceptors (Lipinski definition) is 4. The highest BCUT2D eigenvalue weighted by Gasteiger charge is 2.46. The molecule has 0 saturated heterocycles. The Morgan fingerprint density at radius 1 is 1.12 bits per heavy atom. The number of para-hydroxylation sites is 1. The molecule has 1 fully saturated rings. The molecule has 0 N–H and O–H groups in total. The highest BCUT2D eigenvalue weighted by atomic mass is 16.2. The van der Waals surface area contributed by atoms with E-state index >= 15 is 0 Å². The fourth-order valence-corrected chi connectivity index (χ4v) is 5.02. The van der Waals surface area contributed by atoms with Crippen LogP contribution in [0.4, 0.5) is 11.5 Å². The van der Waals surface area contributed by atoms with E-state index in [4.69, 9.17) is 0 Å². The SMILES string of the molecule is Cc1nccn1CC(=O)N(c1ccn(C)n1)C1C(=O)N(C2CCCCC2)c2ccccc21. The molecule has 2 aliphatic rings. The molecule has 8 nitrogen and oxygen atoms in total. The number of benzene rings is 1. The average molecular weight is 433 g/mol. The van der Waals surface area contributed by atoms with Crippen LogP contribution in [-0.4, -0.2) is 37.2 Å². The standard InChI is InChI=1S/C24H28N6O2/c1-17-25-13-15-28(17)16-22(31)30(21-12-14-27(2)26-21)23-19-10-6-7-11-20(19)29(24(23)32)18-8-4-3-5-9-18/h6-7,10-15,18,23H,3-5,8-9,16H2,1-2H3. The number of carbonyl (C=O) groups is 2. The number of anilines is 2. The third-order valence-corrected chi connectivity index (χ3v) is 6.60. The highest BCUT2D eigenvalue weighted by molar-refractivity contribution is 6.11. The number of hydrogen-bond donors (Lipinski definition) is 0. The molecule has 0 radical (unpaired) electrons. The van der Waals surface area contributed by atoms with E-state index in [1.807, 2.05) is 43.1 Å². The first-order chi connectivity index (χ1) is 15.5. The number of nitrogens with zero attached hydrogens (tertiary/aromatic N) is 6. The molecule has 5 rings (SSSR count). The first kappa shape index (κ1) is 20.5. The Morgan fingerprint density at radius 2 is 1.91 bits per heavy atom. The summed E-state index contributed by atoms with van der Waals surface area (Å²) in [4.78, 5) is 35.3. The van der Waals surface area contributed by atoms with Gasteiger partial charge in [0, 0.05) is 49.0 Å². The van der Waals surface area contributed by atoms with E-state index in [0.29, 0.717) is 5.82 Å². The molecule has 1 aromatic carbocycles. The largest absolute Gasteiger partial charge is 0.326 e. The number of aryl methyl sites for hydroxylation is 2. The lowest BCUT2D eigenvalue weighted by Gasteiger charge is -2.33. The molecule has 1 atom stereocenters. The average Bonchev–Trinajstić information content (AvgIpc) is 3.48. The van der Waals surface area contributed by atoms with Crippen LogP contribution >= 0.6 is 0 Å². The van der Waals surface area contributed by atoms with Crippen molar-refractivity contribution in [2.75, 3.05) is 9.80 Å². The van der Waals surface area contributed by atoms with Crippen LogP contribution in [0.15, 0.2) is 48.9 Å². The first-order valence-corrected chi connectivity index (χ1v) is 11.3. The second-order valence-corrected chi connectivity index (χ2v) is 8.68. The summed E-state index contributed by atoms with van der Waals surface area (Å²) in [6.07, 6.45) is 10.7. The van der Waals surface area contributed by atoms with Crippen LogP contribution in [0.3, 0.4) is 0 Å². The normalized spacial score (nSPS) is 18.8. The second-order valence-electron chi connectivity index (χ2n) is 8.68. The monoisotopic (exact) mass is 432 g/mol. The Balaban J connectivity index is 1.56. The Bertz CT molecular complexity index is 1140. The molecule has 1 aliphatic heterocycles. The van der Waals surface area contributed by atoms with Crippen molar-refractivity contribution in [3.8, 4) is 0 Å². The Hall–Kier alpha value is -3.42. The number of amides is 2. The molecule has 2 aromatic heterocycles. The minimum absolute atomic E-state index is 0.0422. The molecular weight excluding hydrogens is 404 g/mol. The topological polar surface area (TPSA) is 76.3 Å². The lowest BCUT2D eigenvalue weighted by Crippen LogP contribution is -2.46. The van der Waals surface area contributed by atoms with Crippen LogP contribution in [0.5, 0.6) is 0 Å². The van der Waals surface area contributed by atoms with Gasteiger partial charge in [-0.1, -0.05) is 37.5 Å². The summed E-state index contributed by atoms with van der Waals surface area (Å²) in [6, 6.07) is 9.11. The molecule has 1 aliphatic carbocycles. The number of fused-ring (bicyclic) bond motifs is 1. The second kappa shape index (κ2) is 8.26. The molecule has 0 bridgehead atoms. The molecule has 32 heavy (non-hydrogen) atoms. The van der Waals surface area contributed by atoms with Gasteiger partial charge < -0.3 is 9.47 Å². The van der Waals surface area contributed by atoms with Crippen LogP contribution in [0, 0.1) is 6.92 Å². The Labute approximate surface area is 187 Å². The van der Waals surface area contributed by atoms with Crippen LogP contribution < -0.4 is 9.80 Å². The smallest absolute Gasteiger partial charge is 0.255 e. The first-order valence-electron chi connectivity index (χ1n) is 11.3. The maximum Gasteiger partial charge on any atom is 0.255 e. The van der Waals surface area contributed by atoms with Crippen molar-refractivity contribution < 1.29 is 9.59 Å². The number of rotatable bonds is 5. The fourth-order valence-electron chi connectivity index (χ4n) is 5.02. The molecule has 8 heteroatoms. The van der Waals surface area contributed by atoms with E-state index < -0.39 is 6.04 Å². The summed E-state index contributed by atoms with van der Waals surface area (Å²) in [6.45, 7) is 1.96. The summed E-state index contributed by atoms with van der Waals surface area (Å²) in [7, 11) is 1.81. The van der Waals surface area contributed by atoms with E-state index in [1.165, 1.54) is 6.42 Å². The molecule has 0 spiro atoms. The minimum atomic E-state index is -0.723. The van der Waals surface area contributed by atoms with Gasteiger partial charge in [-0.05, 0) is 25.8 Å². The summed E-state index contributed by atoms with van der Waals surface area (Å²) >= 11 is 0. The van der Waals surface area contributed by atoms with Crippen molar-refractivity contribution in [3.05, 3.63) is 60.3 Å². The molecule has 3 aromatic rings. The van der Waals surface area contributed by atoms with E-state index in [1.54, 1.807) is 38.8 Å². The maximum atomic E-state index is 13.9. The van der Waals surface area contributed by atoms with Gasteiger partial charge in [0.2, 0.25) is 5.91 Å². The maximum absolute atomic E-state index is 13.9. The van der Waals surface area contributed by atoms with Gasteiger partial charge >= 0.3 is 0 Å². The summed E-state index contributed by atoms with van der Waals surface area (Å²) in [5.41, 5.74) is 1.78. The van der Waals surface area contributed by atoms with Crippen LogP contribution in [0.25, 0.3) is 0 Å². The highest BCUT2D eigenvalue weighted by Crippen LogP contribution is 2.43. The van der Waals surface area contributed by atoms with Gasteiger partial charge in [0.05, 0.1) is 0 Å². The number of imidazole rings is 1. The third-order valence-electron chi connectivity index (χ3n) is 6.60. The van der Waals surface area contributed by atoms with Crippen molar-refractivity contribution in [2.45, 2.75) is 57.7 Å². The summed E-state index contributed by atoms with van der Waals surface area (Å²) in [5, 5.41) is 4.50. The molecule has 3 heterocycles. The van der Waals surface area contributed by atoms with Crippen molar-refractivity contribution in [1.29, 1.82) is 0 Å².